The monoisotopic (exact) mass is 334 g/mol. The van der Waals surface area contributed by atoms with E-state index in [2.05, 4.69) is 5.32 Å². The van der Waals surface area contributed by atoms with Gasteiger partial charge in [0.1, 0.15) is 5.41 Å². The Morgan fingerprint density at radius 2 is 1.79 bits per heavy atom. The van der Waals surface area contributed by atoms with Crippen LogP contribution in [0.15, 0.2) is 24.3 Å². The van der Waals surface area contributed by atoms with Crippen molar-refractivity contribution in [1.82, 2.24) is 4.90 Å². The van der Waals surface area contributed by atoms with E-state index in [0.717, 1.165) is 0 Å². The third-order valence-electron chi connectivity index (χ3n) is 3.98. The highest BCUT2D eigenvalue weighted by Gasteiger charge is 2.40. The van der Waals surface area contributed by atoms with Gasteiger partial charge in [-0.05, 0) is 26.0 Å². The van der Waals surface area contributed by atoms with Crippen LogP contribution in [0.3, 0.4) is 0 Å². The molecule has 0 spiro atoms. The van der Waals surface area contributed by atoms with Crippen molar-refractivity contribution < 1.29 is 23.9 Å². The van der Waals surface area contributed by atoms with Crippen molar-refractivity contribution in [2.45, 2.75) is 13.8 Å². The van der Waals surface area contributed by atoms with Crippen LogP contribution in [0.2, 0.25) is 0 Å². The Bertz CT molecular complexity index is 636. The molecular weight excluding hydrogens is 312 g/mol. The van der Waals surface area contributed by atoms with E-state index in [-0.39, 0.29) is 11.5 Å². The van der Waals surface area contributed by atoms with Crippen LogP contribution >= 0.6 is 0 Å². The maximum absolute atomic E-state index is 12.6. The number of nitrogens with zero attached hydrogens (tertiary/aromatic N) is 1. The third-order valence-corrected chi connectivity index (χ3v) is 3.98. The van der Waals surface area contributed by atoms with Gasteiger partial charge in [0.15, 0.2) is 0 Å². The largest absolute Gasteiger partial charge is 0.465 e. The second kappa shape index (κ2) is 7.44. The number of carbonyl (C=O) groups is 3. The van der Waals surface area contributed by atoms with E-state index in [1.54, 1.807) is 43.0 Å². The van der Waals surface area contributed by atoms with Gasteiger partial charge in [0.2, 0.25) is 11.8 Å². The smallest absolute Gasteiger partial charge is 0.339 e. The van der Waals surface area contributed by atoms with Gasteiger partial charge >= 0.3 is 5.97 Å². The van der Waals surface area contributed by atoms with Gasteiger partial charge in [-0.1, -0.05) is 12.1 Å². The number of nitrogens with one attached hydrogen (secondary N) is 1. The highest BCUT2D eigenvalue weighted by molar-refractivity contribution is 6.11. The summed E-state index contributed by atoms with van der Waals surface area (Å²) in [6.45, 7) is 5.01. The minimum atomic E-state index is -1.26. The molecule has 1 aliphatic heterocycles. The molecule has 2 rings (SSSR count). The molecule has 0 unspecified atom stereocenters. The molecule has 0 atom stereocenters. The topological polar surface area (TPSA) is 84.9 Å². The number of methoxy groups -OCH3 is 1. The van der Waals surface area contributed by atoms with Crippen molar-refractivity contribution in [3.63, 3.8) is 0 Å². The lowest BCUT2D eigenvalue weighted by Crippen LogP contribution is -2.51. The molecule has 0 saturated carbocycles. The Balaban J connectivity index is 2.16. The fourth-order valence-electron chi connectivity index (χ4n) is 2.42. The van der Waals surface area contributed by atoms with Gasteiger partial charge in [-0.3, -0.25) is 9.59 Å². The number of benzene rings is 1. The molecule has 1 N–H and O–H groups in total. The molecule has 1 heterocycles. The van der Waals surface area contributed by atoms with Gasteiger partial charge in [-0.15, -0.1) is 0 Å². The third kappa shape index (κ3) is 3.73. The minimum Gasteiger partial charge on any atom is -0.465 e. The molecule has 130 valence electrons. The van der Waals surface area contributed by atoms with Crippen molar-refractivity contribution >= 4 is 23.5 Å². The first-order chi connectivity index (χ1) is 11.4. The summed E-state index contributed by atoms with van der Waals surface area (Å²) < 4.78 is 9.93. The molecule has 1 fully saturated rings. The summed E-state index contributed by atoms with van der Waals surface area (Å²) in [5, 5.41) is 2.67. The number of rotatable bonds is 4. The second-order valence-corrected chi connectivity index (χ2v) is 6.02. The highest BCUT2D eigenvalue weighted by atomic mass is 16.5. The van der Waals surface area contributed by atoms with E-state index in [0.29, 0.717) is 32.0 Å². The van der Waals surface area contributed by atoms with Crippen molar-refractivity contribution in [1.29, 1.82) is 0 Å². The predicted molar refractivity (Wildman–Crippen MR) is 87.6 cm³/mol. The molecule has 1 aliphatic rings. The van der Waals surface area contributed by atoms with Crippen molar-refractivity contribution in [3.05, 3.63) is 29.8 Å². The molecule has 2 amide bonds. The molecule has 0 aliphatic carbocycles. The standard InChI is InChI=1S/C17H22N2O5/c1-17(2,16(22)19-8-10-24-11-9-19)15(21)18-13-7-5-4-6-12(13)14(20)23-3/h4-7H,8-11H2,1-3H3,(H,18,21). The number of amides is 2. The maximum Gasteiger partial charge on any atom is 0.339 e. The van der Waals surface area contributed by atoms with Crippen LogP contribution in [-0.2, 0) is 19.1 Å². The van der Waals surface area contributed by atoms with Crippen molar-refractivity contribution in [3.8, 4) is 0 Å². The fraction of sp³-hybridized carbons (Fsp3) is 0.471. The van der Waals surface area contributed by atoms with Gasteiger partial charge in [-0.25, -0.2) is 4.79 Å². The van der Waals surface area contributed by atoms with E-state index in [1.807, 2.05) is 0 Å². The van der Waals surface area contributed by atoms with Gasteiger partial charge < -0.3 is 19.7 Å². The number of anilines is 1. The highest BCUT2D eigenvalue weighted by Crippen LogP contribution is 2.24. The van der Waals surface area contributed by atoms with Crippen LogP contribution in [0.4, 0.5) is 5.69 Å². The summed E-state index contributed by atoms with van der Waals surface area (Å²) in [7, 11) is 1.27. The molecule has 0 bridgehead atoms. The Labute approximate surface area is 140 Å². The molecule has 1 aromatic rings. The van der Waals surface area contributed by atoms with E-state index in [1.165, 1.54) is 7.11 Å². The van der Waals surface area contributed by atoms with E-state index in [9.17, 15) is 14.4 Å². The maximum atomic E-state index is 12.6. The number of hydrogen-bond donors (Lipinski definition) is 1. The lowest BCUT2D eigenvalue weighted by molar-refractivity contribution is -0.149. The molecule has 0 aromatic heterocycles. The Morgan fingerprint density at radius 1 is 1.17 bits per heavy atom. The molecular formula is C17H22N2O5. The summed E-state index contributed by atoms with van der Waals surface area (Å²) >= 11 is 0. The lowest BCUT2D eigenvalue weighted by atomic mass is 9.89. The number of hydrogen-bond acceptors (Lipinski definition) is 5. The summed E-state index contributed by atoms with van der Waals surface area (Å²) in [4.78, 5) is 38.7. The van der Waals surface area contributed by atoms with Crippen LogP contribution < -0.4 is 5.32 Å². The number of carbonyl (C=O) groups excluding carboxylic acids is 3. The SMILES string of the molecule is COC(=O)c1ccccc1NC(=O)C(C)(C)C(=O)N1CCOCC1. The van der Waals surface area contributed by atoms with Crippen LogP contribution in [0.1, 0.15) is 24.2 Å². The van der Waals surface area contributed by atoms with Crippen LogP contribution in [0.25, 0.3) is 0 Å². The molecule has 7 heteroatoms. The van der Waals surface area contributed by atoms with Crippen molar-refractivity contribution in [2.24, 2.45) is 5.41 Å². The summed E-state index contributed by atoms with van der Waals surface area (Å²) in [5.41, 5.74) is -0.708. The molecule has 1 saturated heterocycles. The zero-order chi connectivity index (χ0) is 17.7. The number of para-hydroxylation sites is 1. The first kappa shape index (κ1) is 17.9. The van der Waals surface area contributed by atoms with Crippen LogP contribution in [0, 0.1) is 5.41 Å². The molecule has 1 aromatic carbocycles. The van der Waals surface area contributed by atoms with Gasteiger partial charge in [0.25, 0.3) is 0 Å². The first-order valence-electron chi connectivity index (χ1n) is 7.74. The quantitative estimate of drug-likeness (QED) is 0.663. The number of ether oxygens (including phenoxy) is 2. The zero-order valence-corrected chi connectivity index (χ0v) is 14.1. The Kier molecular flexibility index (Phi) is 5.56. The van der Waals surface area contributed by atoms with Gasteiger partial charge in [0.05, 0.1) is 31.6 Å². The zero-order valence-electron chi connectivity index (χ0n) is 14.1. The molecule has 7 nitrogen and oxygen atoms in total. The minimum absolute atomic E-state index is 0.239. The van der Waals surface area contributed by atoms with E-state index < -0.39 is 17.3 Å². The lowest BCUT2D eigenvalue weighted by Gasteiger charge is -2.33. The first-order valence-corrected chi connectivity index (χ1v) is 7.74. The number of morpholine rings is 1. The summed E-state index contributed by atoms with van der Waals surface area (Å²) in [6, 6.07) is 6.52. The second-order valence-electron chi connectivity index (χ2n) is 6.02. The van der Waals surface area contributed by atoms with Crippen molar-refractivity contribution in [2.75, 3.05) is 38.7 Å². The molecule has 24 heavy (non-hydrogen) atoms. The van der Waals surface area contributed by atoms with Gasteiger partial charge in [-0.2, -0.15) is 0 Å². The fourth-order valence-corrected chi connectivity index (χ4v) is 2.42. The van der Waals surface area contributed by atoms with Crippen LogP contribution in [-0.4, -0.2) is 56.1 Å². The normalized spacial score (nSPS) is 14.9. The van der Waals surface area contributed by atoms with Crippen LogP contribution in [0.5, 0.6) is 0 Å². The Hall–Kier alpha value is -2.41. The van der Waals surface area contributed by atoms with E-state index in [4.69, 9.17) is 9.47 Å². The number of esters is 1. The predicted octanol–water partition coefficient (Wildman–Crippen LogP) is 1.30. The van der Waals surface area contributed by atoms with E-state index >= 15 is 0 Å². The Morgan fingerprint density at radius 3 is 2.42 bits per heavy atom. The molecule has 0 radical (unpaired) electrons. The summed E-state index contributed by atoms with van der Waals surface area (Å²) in [6.07, 6.45) is 0. The average molecular weight is 334 g/mol. The summed E-state index contributed by atoms with van der Waals surface area (Å²) in [5.74, 6) is -1.29. The van der Waals surface area contributed by atoms with Gasteiger partial charge in [0, 0.05) is 13.1 Å². The average Bonchev–Trinajstić information content (AvgIpc) is 2.61.